The molecule has 0 spiro atoms. The summed E-state index contributed by atoms with van der Waals surface area (Å²) in [6.07, 6.45) is 1.46. The van der Waals surface area contributed by atoms with Crippen LogP contribution < -0.4 is 20.1 Å². The quantitative estimate of drug-likeness (QED) is 0.200. The van der Waals surface area contributed by atoms with Crippen molar-refractivity contribution in [3.63, 3.8) is 0 Å². The second kappa shape index (κ2) is 12.0. The molecular weight excluding hydrogens is 535 g/mol. The summed E-state index contributed by atoms with van der Waals surface area (Å²) in [5.74, 6) is 0.868. The molecule has 4 aromatic rings. The molecule has 0 aliphatic carbocycles. The first-order valence-electron chi connectivity index (χ1n) is 12.9. The minimum atomic E-state index is -3.40. The number of benzene rings is 2. The molecule has 1 amide bonds. The van der Waals surface area contributed by atoms with E-state index in [1.54, 1.807) is 44.2 Å². The van der Waals surface area contributed by atoms with Crippen molar-refractivity contribution >= 4 is 38.6 Å². The van der Waals surface area contributed by atoms with Crippen LogP contribution in [0.2, 0.25) is 0 Å². The van der Waals surface area contributed by atoms with Crippen molar-refractivity contribution < 1.29 is 26.6 Å². The molecule has 0 radical (unpaired) electrons. The predicted molar refractivity (Wildman–Crippen MR) is 160 cm³/mol. The highest BCUT2D eigenvalue weighted by Gasteiger charge is 2.16. The maximum Gasteiger partial charge on any atom is 0.270 e. The second-order valence-electron chi connectivity index (χ2n) is 9.88. The Kier molecular flexibility index (Phi) is 8.70. The Morgan fingerprint density at radius 2 is 1.80 bits per heavy atom. The van der Waals surface area contributed by atoms with Crippen molar-refractivity contribution in [2.24, 2.45) is 7.05 Å². The molecule has 2 aromatic carbocycles. The zero-order valence-electron chi connectivity index (χ0n) is 23.0. The fraction of sp³-hybridized carbons (Fsp3) is 0.321. The van der Waals surface area contributed by atoms with Crippen LogP contribution >= 0.6 is 0 Å². The Bertz CT molecular complexity index is 1650. The molecular formula is C28H39FN6O4S. The van der Waals surface area contributed by atoms with Gasteiger partial charge in [0.2, 0.25) is 16.0 Å². The van der Waals surface area contributed by atoms with E-state index in [4.69, 9.17) is 4.74 Å². The number of halogens is 1. The number of aryl methyl sites for hydroxylation is 1. The zero-order chi connectivity index (χ0) is 29.0. The summed E-state index contributed by atoms with van der Waals surface area (Å²) in [4.78, 5) is 21.3. The van der Waals surface area contributed by atoms with Crippen LogP contribution in [0.5, 0.6) is 11.5 Å². The highest BCUT2D eigenvalue weighted by Crippen LogP contribution is 2.29. The number of aromatic nitrogens is 3. The van der Waals surface area contributed by atoms with Crippen LogP contribution in [0.15, 0.2) is 54.7 Å². The van der Waals surface area contributed by atoms with Crippen molar-refractivity contribution in [3.8, 4) is 11.5 Å². The molecule has 0 saturated heterocycles. The number of nitrogens with zero attached hydrogens (tertiary/aromatic N) is 3. The molecule has 0 aliphatic rings. The van der Waals surface area contributed by atoms with E-state index in [1.807, 2.05) is 31.5 Å². The van der Waals surface area contributed by atoms with E-state index in [0.29, 0.717) is 28.5 Å². The number of ether oxygens (including phenoxy) is 1. The van der Waals surface area contributed by atoms with Crippen molar-refractivity contribution in [1.82, 2.24) is 24.6 Å². The highest BCUT2D eigenvalue weighted by molar-refractivity contribution is 7.90. The number of fused-ring (bicyclic) bond motifs is 1. The van der Waals surface area contributed by atoms with Crippen LogP contribution in [0.1, 0.15) is 53.9 Å². The Morgan fingerprint density at radius 1 is 1.05 bits per heavy atom. The average Bonchev–Trinajstić information content (AvgIpc) is 3.21. The van der Waals surface area contributed by atoms with Crippen LogP contribution in [-0.4, -0.2) is 47.2 Å². The third-order valence-electron chi connectivity index (χ3n) is 6.26. The molecule has 0 bridgehead atoms. The molecule has 2 heterocycles. The van der Waals surface area contributed by atoms with Crippen molar-refractivity contribution in [2.75, 3.05) is 18.4 Å². The van der Waals surface area contributed by atoms with Crippen LogP contribution in [0, 0.1) is 5.82 Å². The van der Waals surface area contributed by atoms with Gasteiger partial charge in [-0.05, 0) is 61.7 Å². The van der Waals surface area contributed by atoms with Crippen LogP contribution in [0.3, 0.4) is 0 Å². The van der Waals surface area contributed by atoms with Crippen LogP contribution in [0.4, 0.5) is 16.0 Å². The number of rotatable bonds is 11. The molecule has 40 heavy (non-hydrogen) atoms. The Balaban J connectivity index is 0.00000308. The fourth-order valence-electron chi connectivity index (χ4n) is 3.91. The topological polar surface area (TPSA) is 127 Å². The number of imidazole rings is 1. The van der Waals surface area contributed by atoms with Gasteiger partial charge in [0, 0.05) is 48.4 Å². The lowest BCUT2D eigenvalue weighted by Gasteiger charge is -2.11. The van der Waals surface area contributed by atoms with Gasteiger partial charge in [-0.2, -0.15) is 0 Å². The van der Waals surface area contributed by atoms with Crippen LogP contribution in [-0.2, 0) is 17.1 Å². The molecule has 0 unspecified atom stereocenters. The number of nitrogens with one attached hydrogen (secondary N) is 3. The first-order chi connectivity index (χ1) is 18.9. The summed E-state index contributed by atoms with van der Waals surface area (Å²) in [5, 5.41) is 5.35. The number of pyridine rings is 1. The Hall–Kier alpha value is -4.03. The molecule has 0 fully saturated rings. The van der Waals surface area contributed by atoms with Crippen molar-refractivity contribution in [1.29, 1.82) is 0 Å². The molecule has 0 atom stereocenters. The summed E-state index contributed by atoms with van der Waals surface area (Å²) >= 11 is 0. The SMILES string of the molecule is CC(C)c1cc(Nc2nc3cc(Oc4ccnc(C(=O)NCCNS(=O)(=O)C(C)C)c4)ccc3n2C)ccc1F.[HH].[HH].[HH]. The average molecular weight is 575 g/mol. The van der Waals surface area contributed by atoms with E-state index in [9.17, 15) is 17.6 Å². The molecule has 2 aromatic heterocycles. The molecule has 0 aliphatic heterocycles. The van der Waals surface area contributed by atoms with Gasteiger partial charge in [-0.25, -0.2) is 22.5 Å². The van der Waals surface area contributed by atoms with Gasteiger partial charge in [0.05, 0.1) is 16.3 Å². The lowest BCUT2D eigenvalue weighted by molar-refractivity contribution is 0.0949. The number of hydrogen-bond donors (Lipinski definition) is 3. The minimum absolute atomic E-state index is 0. The third-order valence-corrected chi connectivity index (χ3v) is 8.11. The molecule has 12 heteroatoms. The van der Waals surface area contributed by atoms with Gasteiger partial charge in [0.15, 0.2) is 0 Å². The van der Waals surface area contributed by atoms with Gasteiger partial charge >= 0.3 is 0 Å². The molecule has 10 nitrogen and oxygen atoms in total. The highest BCUT2D eigenvalue weighted by atomic mass is 32.2. The first-order valence-corrected chi connectivity index (χ1v) is 14.4. The summed E-state index contributed by atoms with van der Waals surface area (Å²) < 4.78 is 48.1. The summed E-state index contributed by atoms with van der Waals surface area (Å²) in [7, 11) is -1.52. The smallest absolute Gasteiger partial charge is 0.270 e. The van der Waals surface area contributed by atoms with E-state index in [0.717, 1.165) is 11.2 Å². The minimum Gasteiger partial charge on any atom is -0.457 e. The van der Waals surface area contributed by atoms with E-state index in [1.165, 1.54) is 18.3 Å². The largest absolute Gasteiger partial charge is 0.457 e. The molecule has 3 N–H and O–H groups in total. The van der Waals surface area contributed by atoms with E-state index >= 15 is 0 Å². The van der Waals surface area contributed by atoms with Crippen molar-refractivity contribution in [2.45, 2.75) is 38.9 Å². The van der Waals surface area contributed by atoms with Gasteiger partial charge in [0.25, 0.3) is 5.91 Å². The predicted octanol–water partition coefficient (Wildman–Crippen LogP) is 5.56. The fourth-order valence-corrected chi connectivity index (χ4v) is 4.63. The van der Waals surface area contributed by atoms with Gasteiger partial charge in [-0.3, -0.25) is 9.78 Å². The molecule has 4 rings (SSSR count). The maximum absolute atomic E-state index is 14.1. The lowest BCUT2D eigenvalue weighted by atomic mass is 10.0. The van der Waals surface area contributed by atoms with Gasteiger partial charge in [-0.15, -0.1) is 0 Å². The Morgan fingerprint density at radius 3 is 2.52 bits per heavy atom. The number of amides is 1. The first kappa shape index (κ1) is 29.0. The van der Waals surface area contributed by atoms with E-state index in [2.05, 4.69) is 25.3 Å². The summed E-state index contributed by atoms with van der Waals surface area (Å²) in [5.41, 5.74) is 3.05. The van der Waals surface area contributed by atoms with Crippen LogP contribution in [0.25, 0.3) is 11.0 Å². The number of anilines is 2. The number of hydrogen-bond acceptors (Lipinski definition) is 7. The third kappa shape index (κ3) is 6.75. The van der Waals surface area contributed by atoms with E-state index in [-0.39, 0.29) is 34.8 Å². The number of sulfonamides is 1. The maximum atomic E-state index is 14.1. The zero-order valence-corrected chi connectivity index (χ0v) is 23.8. The number of carbonyl (C=O) groups is 1. The van der Waals surface area contributed by atoms with Gasteiger partial charge in [0.1, 0.15) is 23.0 Å². The van der Waals surface area contributed by atoms with Gasteiger partial charge < -0.3 is 19.9 Å². The monoisotopic (exact) mass is 574 g/mol. The summed E-state index contributed by atoms with van der Waals surface area (Å²) in [6.45, 7) is 7.22. The van der Waals surface area contributed by atoms with Crippen molar-refractivity contribution in [3.05, 3.63) is 71.8 Å². The molecule has 218 valence electrons. The summed E-state index contributed by atoms with van der Waals surface area (Å²) in [6, 6.07) is 13.5. The lowest BCUT2D eigenvalue weighted by Crippen LogP contribution is -2.37. The van der Waals surface area contributed by atoms with Gasteiger partial charge in [-0.1, -0.05) is 13.8 Å². The number of carbonyl (C=O) groups excluding carboxylic acids is 1. The normalized spacial score (nSPS) is 11.8. The molecule has 0 saturated carbocycles. The van der Waals surface area contributed by atoms with E-state index < -0.39 is 21.2 Å². The Labute approximate surface area is 237 Å². The standard InChI is InChI=1S/C28H33FN6O4S.3H2/c1-17(2)22-14-19(6-8-23(22)29)33-28-34-24-15-20(7-9-26(24)35(28)5)39-21-10-11-30-25(16-21)27(36)31-12-13-32-40(37,38)18(3)4;;;/h6-11,14-18,32H,12-13H2,1-5H3,(H,31,36)(H,33,34);3*1H. The second-order valence-corrected chi connectivity index (χ2v) is 12.2.